The molecule has 0 bridgehead atoms. The van der Waals surface area contributed by atoms with Crippen LogP contribution in [0.4, 0.5) is 0 Å². The second kappa shape index (κ2) is 20.2. The van der Waals surface area contributed by atoms with Crippen molar-refractivity contribution in [3.63, 3.8) is 0 Å². The molecule has 0 spiro atoms. The van der Waals surface area contributed by atoms with E-state index in [1.807, 2.05) is 19.1 Å². The Bertz CT molecular complexity index is 2530. The third-order valence-corrected chi connectivity index (χ3v) is 16.1. The van der Waals surface area contributed by atoms with Gasteiger partial charge in [-0.25, -0.2) is 0 Å². The molecule has 0 radical (unpaired) electrons. The number of benzene rings is 5. The molecule has 4 nitrogen and oxygen atoms in total. The van der Waals surface area contributed by atoms with Crippen molar-refractivity contribution in [3.8, 4) is 22.3 Å². The van der Waals surface area contributed by atoms with Crippen LogP contribution < -0.4 is 0 Å². The van der Waals surface area contributed by atoms with Crippen molar-refractivity contribution in [2.24, 2.45) is 0 Å². The highest BCUT2D eigenvalue weighted by molar-refractivity contribution is 9.10. The molecule has 8 rings (SSSR count). The molecule has 0 aromatic heterocycles. The monoisotopic (exact) mass is 967 g/mol. The Kier molecular flexibility index (Phi) is 15.7. The molecule has 5 aromatic carbocycles. The van der Waals surface area contributed by atoms with E-state index in [9.17, 15) is 9.59 Å². The molecule has 3 aliphatic rings. The maximum absolute atomic E-state index is 11.5. The SMILES string of the molecule is CC1(C)CCC(C)(C)c2cc(-c3ccc(CCC(=O)O)cc3)ccc21.CC1(C)CCC(C)(C)c2cc(Br)ccc21.CCOC(=O)CCc1ccc(-c2ccc3c(c2)C(C)(C)CCC3(C)C)cc1. The van der Waals surface area contributed by atoms with Gasteiger partial charge >= 0.3 is 11.9 Å². The van der Waals surface area contributed by atoms with E-state index in [1.54, 1.807) is 0 Å². The molecule has 3 aliphatic carbocycles. The number of carboxylic acids is 1. The average Bonchev–Trinajstić information content (AvgIpc) is 3.28. The van der Waals surface area contributed by atoms with E-state index >= 15 is 0 Å². The van der Waals surface area contributed by atoms with Gasteiger partial charge in [0.2, 0.25) is 0 Å². The van der Waals surface area contributed by atoms with Crippen molar-refractivity contribution in [1.29, 1.82) is 0 Å². The van der Waals surface area contributed by atoms with Gasteiger partial charge in [0.15, 0.2) is 0 Å². The number of carboxylic acid groups (broad SMARTS) is 1. The summed E-state index contributed by atoms with van der Waals surface area (Å²) >= 11 is 3.58. The van der Waals surface area contributed by atoms with Crippen LogP contribution in [0.1, 0.15) is 186 Å². The Morgan fingerprint density at radius 3 is 1.12 bits per heavy atom. The number of aliphatic carboxylic acids is 1. The van der Waals surface area contributed by atoms with Crippen LogP contribution >= 0.6 is 15.9 Å². The molecule has 1 N–H and O–H groups in total. The topological polar surface area (TPSA) is 63.6 Å². The van der Waals surface area contributed by atoms with E-state index in [4.69, 9.17) is 9.84 Å². The van der Waals surface area contributed by atoms with Crippen molar-refractivity contribution in [1.82, 2.24) is 0 Å². The van der Waals surface area contributed by atoms with Crippen LogP contribution in [-0.4, -0.2) is 23.7 Å². The van der Waals surface area contributed by atoms with Crippen LogP contribution in [0.25, 0.3) is 22.3 Å². The third-order valence-electron chi connectivity index (χ3n) is 15.6. The lowest BCUT2D eigenvalue weighted by atomic mass is 9.63. The summed E-state index contributed by atoms with van der Waals surface area (Å²) < 4.78 is 6.21. The molecule has 0 aliphatic heterocycles. The van der Waals surface area contributed by atoms with E-state index in [0.29, 0.717) is 30.3 Å². The summed E-state index contributed by atoms with van der Waals surface area (Å²) in [6, 6.07) is 37.6. The van der Waals surface area contributed by atoms with E-state index in [-0.39, 0.29) is 34.1 Å². The lowest BCUT2D eigenvalue weighted by Gasteiger charge is -2.42. The van der Waals surface area contributed by atoms with Gasteiger partial charge < -0.3 is 9.84 Å². The predicted octanol–water partition coefficient (Wildman–Crippen LogP) is 16.7. The van der Waals surface area contributed by atoms with Gasteiger partial charge in [-0.3, -0.25) is 9.59 Å². The van der Waals surface area contributed by atoms with E-state index < -0.39 is 5.97 Å². The maximum atomic E-state index is 11.5. The van der Waals surface area contributed by atoms with Crippen LogP contribution in [0.2, 0.25) is 0 Å². The number of halogens is 1. The number of hydrogen-bond acceptors (Lipinski definition) is 3. The molecule has 0 atom stereocenters. The molecular formula is C62H79BrO4. The van der Waals surface area contributed by atoms with Crippen LogP contribution in [0.5, 0.6) is 0 Å². The second-order valence-corrected chi connectivity index (χ2v) is 24.5. The first-order valence-corrected chi connectivity index (χ1v) is 25.7. The summed E-state index contributed by atoms with van der Waals surface area (Å²) in [7, 11) is 0. The van der Waals surface area contributed by atoms with Crippen LogP contribution in [0.3, 0.4) is 0 Å². The first-order chi connectivity index (χ1) is 31.2. The van der Waals surface area contributed by atoms with Gasteiger partial charge in [0, 0.05) is 17.3 Å². The summed E-state index contributed by atoms with van der Waals surface area (Å²) in [6.45, 7) is 30.5. The van der Waals surface area contributed by atoms with Gasteiger partial charge in [-0.2, -0.15) is 0 Å². The number of hydrogen-bond donors (Lipinski definition) is 1. The number of esters is 1. The van der Waals surface area contributed by atoms with Crippen molar-refractivity contribution < 1.29 is 19.4 Å². The zero-order valence-corrected chi connectivity index (χ0v) is 44.7. The van der Waals surface area contributed by atoms with Crippen LogP contribution in [0, 0.1) is 0 Å². The second-order valence-electron chi connectivity index (χ2n) is 23.6. The molecule has 358 valence electrons. The maximum Gasteiger partial charge on any atom is 0.306 e. The number of rotatable bonds is 9. The van der Waals surface area contributed by atoms with Gasteiger partial charge in [0.05, 0.1) is 6.61 Å². The highest BCUT2D eigenvalue weighted by atomic mass is 79.9. The standard InChI is InChI=1S/C25H32O2.C23H28O2.C14H19Br/c1-6-27-23(26)14-9-18-7-10-19(11-8-18)20-12-13-21-22(17-20)25(4,5)16-15-24(21,2)3;1-22(2)13-14-23(3,4)20-15-18(10-11-19(20)22)17-8-5-16(6-9-17)7-12-21(24)25;1-13(2)7-8-14(3,4)12-9-10(15)5-6-11(12)13/h7-8,10-13,17H,6,9,14-16H2,1-5H3;5-6,8-11,15H,7,12-14H2,1-4H3,(H,24,25);5-6,9H,7-8H2,1-4H3. The third kappa shape index (κ3) is 12.4. The number of aryl methyl sites for hydroxylation is 2. The Morgan fingerprint density at radius 2 is 0.761 bits per heavy atom. The van der Waals surface area contributed by atoms with E-state index in [1.165, 1.54) is 104 Å². The minimum Gasteiger partial charge on any atom is -0.481 e. The summed E-state index contributed by atoms with van der Waals surface area (Å²) in [5.41, 5.74) is 17.8. The van der Waals surface area contributed by atoms with Crippen LogP contribution in [-0.2, 0) is 59.7 Å². The fourth-order valence-corrected chi connectivity index (χ4v) is 10.9. The normalized spacial score (nSPS) is 18.5. The van der Waals surface area contributed by atoms with E-state index in [0.717, 1.165) is 12.0 Å². The molecule has 5 aromatic rings. The fraction of sp³-hybridized carbons (Fsp3) is 0.484. The lowest BCUT2D eigenvalue weighted by Crippen LogP contribution is -2.33. The zero-order chi connectivity index (χ0) is 49.2. The highest BCUT2D eigenvalue weighted by Crippen LogP contribution is 2.49. The van der Waals surface area contributed by atoms with Crippen molar-refractivity contribution >= 4 is 27.9 Å². The molecule has 0 amide bonds. The fourth-order valence-electron chi connectivity index (χ4n) is 10.6. The first-order valence-electron chi connectivity index (χ1n) is 24.9. The largest absolute Gasteiger partial charge is 0.481 e. The number of carbonyl (C=O) groups is 2. The Labute approximate surface area is 412 Å². The molecule has 0 unspecified atom stereocenters. The predicted molar refractivity (Wildman–Crippen MR) is 285 cm³/mol. The van der Waals surface area contributed by atoms with Gasteiger partial charge in [0.1, 0.15) is 0 Å². The lowest BCUT2D eigenvalue weighted by molar-refractivity contribution is -0.143. The van der Waals surface area contributed by atoms with Gasteiger partial charge in [0.25, 0.3) is 0 Å². The zero-order valence-electron chi connectivity index (χ0n) is 43.1. The van der Waals surface area contributed by atoms with Crippen LogP contribution in [0.15, 0.2) is 108 Å². The van der Waals surface area contributed by atoms with Crippen molar-refractivity contribution in [2.75, 3.05) is 6.61 Å². The Hall–Kier alpha value is -4.48. The van der Waals surface area contributed by atoms with Gasteiger partial charge in [-0.1, -0.05) is 190 Å². The smallest absolute Gasteiger partial charge is 0.306 e. The molecular weight excluding hydrogens is 889 g/mol. The molecule has 0 heterocycles. The molecule has 0 fully saturated rings. The average molecular weight is 968 g/mol. The Morgan fingerprint density at radius 1 is 0.448 bits per heavy atom. The summed E-state index contributed by atoms with van der Waals surface area (Å²) in [4.78, 5) is 22.2. The number of carbonyl (C=O) groups excluding carboxylic acids is 1. The van der Waals surface area contributed by atoms with Crippen molar-refractivity contribution in [2.45, 2.75) is 187 Å². The quantitative estimate of drug-likeness (QED) is 0.150. The minimum atomic E-state index is -0.747. The van der Waals surface area contributed by atoms with E-state index in [2.05, 4.69) is 190 Å². The summed E-state index contributed by atoms with van der Waals surface area (Å²) in [6.07, 6.45) is 9.40. The molecule has 67 heavy (non-hydrogen) atoms. The molecule has 5 heteroatoms. The van der Waals surface area contributed by atoms with Gasteiger partial charge in [-0.15, -0.1) is 0 Å². The number of fused-ring (bicyclic) bond motifs is 3. The summed E-state index contributed by atoms with van der Waals surface area (Å²) in [5.74, 6) is -0.871. The highest BCUT2D eigenvalue weighted by Gasteiger charge is 2.39. The first kappa shape index (κ1) is 51.9. The Balaban J connectivity index is 0.000000172. The molecule has 0 saturated heterocycles. The van der Waals surface area contributed by atoms with Gasteiger partial charge in [-0.05, 0) is 170 Å². The molecule has 0 saturated carbocycles. The summed E-state index contributed by atoms with van der Waals surface area (Å²) in [5, 5.41) is 8.81. The number of ether oxygens (including phenoxy) is 1. The minimum absolute atomic E-state index is 0.124. The van der Waals surface area contributed by atoms with Crippen molar-refractivity contribution in [3.05, 3.63) is 152 Å².